The van der Waals surface area contributed by atoms with Crippen molar-refractivity contribution in [2.75, 3.05) is 0 Å². The molecule has 1 amide bonds. The average Bonchev–Trinajstić information content (AvgIpc) is 2.60. The molecule has 0 heterocycles. The number of para-hydroxylation sites is 1. The highest BCUT2D eigenvalue weighted by Gasteiger charge is 2.18. The Morgan fingerprint density at radius 3 is 2.34 bits per heavy atom. The molecule has 0 saturated heterocycles. The van der Waals surface area contributed by atoms with Crippen LogP contribution in [-0.4, -0.2) is 22.6 Å². The molecule has 2 aromatic carbocycles. The Labute approximate surface area is 173 Å². The van der Waals surface area contributed by atoms with Gasteiger partial charge in [0.15, 0.2) is 0 Å². The largest absolute Gasteiger partial charge is 0.510 e. The van der Waals surface area contributed by atoms with Gasteiger partial charge in [0.05, 0.1) is 0 Å². The monoisotopic (exact) mass is 418 g/mol. The SMILES string of the molecule is C[C@H](Cc1ccccc1OCc1ccc(C[P+](=O)O)cc1)NC(=O)OC(C)(C)C. The van der Waals surface area contributed by atoms with Crippen molar-refractivity contribution in [3.05, 3.63) is 65.2 Å². The number of alkyl carbamates (subject to hydrolysis) is 1. The van der Waals surface area contributed by atoms with Crippen LogP contribution in [0.4, 0.5) is 4.79 Å². The van der Waals surface area contributed by atoms with Gasteiger partial charge in [-0.1, -0.05) is 42.5 Å². The highest BCUT2D eigenvalue weighted by atomic mass is 31.1. The molecule has 2 N–H and O–H groups in total. The smallest absolute Gasteiger partial charge is 0.489 e. The van der Waals surface area contributed by atoms with Crippen molar-refractivity contribution in [2.45, 2.75) is 58.5 Å². The lowest BCUT2D eigenvalue weighted by Crippen LogP contribution is -2.38. The van der Waals surface area contributed by atoms with Crippen molar-refractivity contribution in [2.24, 2.45) is 0 Å². The van der Waals surface area contributed by atoms with Crippen molar-refractivity contribution in [3.63, 3.8) is 0 Å². The maximum absolute atomic E-state index is 12.0. The molecule has 7 heteroatoms. The molecule has 2 atom stereocenters. The van der Waals surface area contributed by atoms with Crippen molar-refractivity contribution < 1.29 is 23.7 Å². The molecule has 0 spiro atoms. The number of carbonyl (C=O) groups excluding carboxylic acids is 1. The van der Waals surface area contributed by atoms with Crippen LogP contribution in [0.3, 0.4) is 0 Å². The van der Waals surface area contributed by atoms with Crippen molar-refractivity contribution >= 4 is 14.1 Å². The minimum atomic E-state index is -2.18. The number of carbonyl (C=O) groups is 1. The number of benzene rings is 2. The summed E-state index contributed by atoms with van der Waals surface area (Å²) in [5.74, 6) is 0.757. The Balaban J connectivity index is 1.94. The Morgan fingerprint density at radius 1 is 1.10 bits per heavy atom. The van der Waals surface area contributed by atoms with E-state index >= 15 is 0 Å². The second-order valence-corrected chi connectivity index (χ2v) is 9.00. The Hall–Kier alpha value is -2.43. The van der Waals surface area contributed by atoms with Crippen LogP contribution >= 0.6 is 8.03 Å². The van der Waals surface area contributed by atoms with Gasteiger partial charge < -0.3 is 14.8 Å². The Morgan fingerprint density at radius 2 is 1.72 bits per heavy atom. The lowest BCUT2D eigenvalue weighted by atomic mass is 10.1. The third-order valence-corrected chi connectivity index (χ3v) is 4.63. The summed E-state index contributed by atoms with van der Waals surface area (Å²) in [5.41, 5.74) is 2.24. The molecule has 0 bridgehead atoms. The van der Waals surface area contributed by atoms with E-state index in [1.807, 2.05) is 76.2 Å². The minimum absolute atomic E-state index is 0.116. The summed E-state index contributed by atoms with van der Waals surface area (Å²) in [6.45, 7) is 7.80. The maximum atomic E-state index is 12.0. The maximum Gasteiger partial charge on any atom is 0.510 e. The fraction of sp³-hybridized carbons (Fsp3) is 0.409. The molecular weight excluding hydrogens is 389 g/mol. The average molecular weight is 418 g/mol. The highest BCUT2D eigenvalue weighted by molar-refractivity contribution is 7.37. The Bertz CT molecular complexity index is 830. The highest BCUT2D eigenvalue weighted by Crippen LogP contribution is 2.23. The summed E-state index contributed by atoms with van der Waals surface area (Å²) in [6, 6.07) is 15.1. The van der Waals surface area contributed by atoms with Crippen LogP contribution in [0.5, 0.6) is 5.75 Å². The number of ether oxygens (including phenoxy) is 2. The van der Waals surface area contributed by atoms with E-state index in [4.69, 9.17) is 14.4 Å². The topological polar surface area (TPSA) is 84.9 Å². The quantitative estimate of drug-likeness (QED) is 0.592. The van der Waals surface area contributed by atoms with Gasteiger partial charge in [-0.05, 0) is 55.9 Å². The van der Waals surface area contributed by atoms with Crippen LogP contribution in [0.15, 0.2) is 48.5 Å². The predicted molar refractivity (Wildman–Crippen MR) is 113 cm³/mol. The van der Waals surface area contributed by atoms with Crippen LogP contribution in [0, 0.1) is 0 Å². The Kier molecular flexibility index (Phi) is 8.18. The normalized spacial score (nSPS) is 12.8. The number of rotatable bonds is 8. The number of hydrogen-bond acceptors (Lipinski definition) is 4. The number of nitrogens with one attached hydrogen (secondary N) is 1. The number of amides is 1. The molecule has 0 aliphatic carbocycles. The summed E-state index contributed by atoms with van der Waals surface area (Å²) >= 11 is 0. The minimum Gasteiger partial charge on any atom is -0.489 e. The third kappa shape index (κ3) is 8.63. The van der Waals surface area contributed by atoms with Gasteiger partial charge in [0.2, 0.25) is 6.16 Å². The van der Waals surface area contributed by atoms with Crippen molar-refractivity contribution in [1.29, 1.82) is 0 Å². The summed E-state index contributed by atoms with van der Waals surface area (Å²) in [7, 11) is -2.18. The molecule has 1 unspecified atom stereocenters. The van der Waals surface area contributed by atoms with Gasteiger partial charge >= 0.3 is 14.1 Å². The van der Waals surface area contributed by atoms with E-state index in [0.29, 0.717) is 13.0 Å². The van der Waals surface area contributed by atoms with Crippen LogP contribution in [0.2, 0.25) is 0 Å². The van der Waals surface area contributed by atoms with Gasteiger partial charge in [0, 0.05) is 11.6 Å². The third-order valence-electron chi connectivity index (χ3n) is 4.00. The van der Waals surface area contributed by atoms with E-state index in [0.717, 1.165) is 22.4 Å². The molecule has 0 fully saturated rings. The van der Waals surface area contributed by atoms with E-state index < -0.39 is 19.7 Å². The lowest BCUT2D eigenvalue weighted by molar-refractivity contribution is 0.0508. The predicted octanol–water partition coefficient (Wildman–Crippen LogP) is 4.96. The van der Waals surface area contributed by atoms with Gasteiger partial charge in [-0.3, -0.25) is 0 Å². The fourth-order valence-electron chi connectivity index (χ4n) is 2.76. The first-order valence-electron chi connectivity index (χ1n) is 9.54. The van der Waals surface area contributed by atoms with Gasteiger partial charge in [0.1, 0.15) is 18.0 Å². The molecule has 2 aromatic rings. The molecule has 6 nitrogen and oxygen atoms in total. The molecule has 29 heavy (non-hydrogen) atoms. The first-order chi connectivity index (χ1) is 13.6. The van der Waals surface area contributed by atoms with Gasteiger partial charge in [-0.25, -0.2) is 4.79 Å². The zero-order chi connectivity index (χ0) is 21.4. The summed E-state index contributed by atoms with van der Waals surface area (Å²) in [6.07, 6.45) is 0.327. The first kappa shape index (κ1) is 22.9. The molecule has 0 aliphatic rings. The molecule has 2 rings (SSSR count). The van der Waals surface area contributed by atoms with Crippen LogP contribution in [0.25, 0.3) is 0 Å². The van der Waals surface area contributed by atoms with E-state index in [-0.39, 0.29) is 12.2 Å². The number of hydrogen-bond donors (Lipinski definition) is 2. The molecule has 0 radical (unpaired) electrons. The van der Waals surface area contributed by atoms with Crippen LogP contribution in [-0.2, 0) is 28.5 Å². The second-order valence-electron chi connectivity index (χ2n) is 7.97. The molecule has 156 valence electrons. The van der Waals surface area contributed by atoms with Crippen LogP contribution in [0.1, 0.15) is 44.4 Å². The zero-order valence-electron chi connectivity index (χ0n) is 17.3. The van der Waals surface area contributed by atoms with E-state index in [9.17, 15) is 9.36 Å². The lowest BCUT2D eigenvalue weighted by Gasteiger charge is -2.22. The van der Waals surface area contributed by atoms with E-state index in [2.05, 4.69) is 5.32 Å². The molecule has 0 aromatic heterocycles. The van der Waals surface area contributed by atoms with Crippen molar-refractivity contribution in [3.8, 4) is 5.75 Å². The molecular formula is C22H29NO5P+. The standard InChI is InChI=1S/C22H28NO5P/c1-16(23-21(24)28-22(2,3)4)13-19-7-5-6-8-20(19)27-14-17-9-11-18(12-10-17)15-29(25)26/h5-12,16H,13-15H2,1-4H3,(H-,23,24,25,26)/p+1/t16-/m1/s1. The van der Waals surface area contributed by atoms with Crippen LogP contribution < -0.4 is 10.1 Å². The summed E-state index contributed by atoms with van der Waals surface area (Å²) in [5, 5.41) is 2.85. The first-order valence-corrected chi connectivity index (χ1v) is 10.9. The summed E-state index contributed by atoms with van der Waals surface area (Å²) < 4.78 is 22.2. The zero-order valence-corrected chi connectivity index (χ0v) is 18.2. The van der Waals surface area contributed by atoms with Gasteiger partial charge in [0.25, 0.3) is 0 Å². The van der Waals surface area contributed by atoms with E-state index in [1.54, 1.807) is 0 Å². The van der Waals surface area contributed by atoms with Gasteiger partial charge in [-0.2, -0.15) is 4.89 Å². The fourth-order valence-corrected chi connectivity index (χ4v) is 3.28. The van der Waals surface area contributed by atoms with E-state index in [1.165, 1.54) is 0 Å². The van der Waals surface area contributed by atoms with Crippen molar-refractivity contribution in [1.82, 2.24) is 5.32 Å². The second kappa shape index (κ2) is 10.4. The molecule has 0 saturated carbocycles. The summed E-state index contributed by atoms with van der Waals surface area (Å²) in [4.78, 5) is 20.9. The molecule has 0 aliphatic heterocycles. The van der Waals surface area contributed by atoms with Gasteiger partial charge in [-0.15, -0.1) is 0 Å².